The van der Waals surface area contributed by atoms with Crippen molar-refractivity contribution in [2.45, 2.75) is 230 Å². The number of hydrogen-bond acceptors (Lipinski definition) is 17. The summed E-state index contributed by atoms with van der Waals surface area (Å²) in [6.07, 6.45) is 8.83. The van der Waals surface area contributed by atoms with Crippen LogP contribution in [-0.4, -0.2) is 184 Å². The van der Waals surface area contributed by atoms with E-state index >= 15 is 0 Å². The fraction of sp³-hybridized carbons (Fsp3) is 0.662. The first-order valence-electron chi connectivity index (χ1n) is 34.2. The van der Waals surface area contributed by atoms with E-state index in [1.54, 1.807) is 34.0 Å². The molecule has 93 heavy (non-hydrogen) atoms. The smallest absolute Gasteiger partial charge is 0.329 e. The van der Waals surface area contributed by atoms with Gasteiger partial charge in [0, 0.05) is 51.4 Å². The first kappa shape index (κ1) is 73.9. The molecule has 2 bridgehead atoms. The fourth-order valence-corrected chi connectivity index (χ4v) is 19.7. The standard InChI is InChI=1S/C74H107NO17Si/c1-46-24-16-13-17-25-47(2)60(86-36-37-87-63-44-88-68-64(45-89-67(63)68)92-93(73(8,9)10,55-26-18-14-19-27-55)56-28-20-15-21-29-56)42-54-33-31-52(7)74(83,91-54)70(80)71(81)75-35-23-22-30-57(75)72(82)90-61(49(4)40-53-32-34-58(76)62(41-53)84-11)43-59(77)48(3)39-51(6)66(79)69(85-12)65(78)50(5)38-46/h13-21,24-29,39,46,48-50,52-54,57-58,60-64,66-69,76,79,83H,22-23,30-38,40-45H2,1-12H3/b17-13?,24-16+,47-25?,51-39+/t46-,48-,49-,50-,52-,53+,54+,57+,58-,60?,61+,62-,63-,64+,66-,67-,68-,69+,74-/m1/s1. The van der Waals surface area contributed by atoms with E-state index in [1.807, 2.05) is 70.2 Å². The number of esters is 1. The van der Waals surface area contributed by atoms with Gasteiger partial charge in [-0.3, -0.25) is 19.2 Å². The first-order valence-corrected chi connectivity index (χ1v) is 36.1. The molecule has 1 saturated carbocycles. The molecule has 5 heterocycles. The molecule has 1 unspecified atom stereocenters. The summed E-state index contributed by atoms with van der Waals surface area (Å²) in [4.78, 5) is 73.7. The number of carbonyl (C=O) groups is 5. The summed E-state index contributed by atoms with van der Waals surface area (Å²) in [5.74, 6) is -8.46. The van der Waals surface area contributed by atoms with Gasteiger partial charge in [0.05, 0.1) is 56.9 Å². The Hall–Kier alpha value is -4.87. The molecular weight excluding hydrogens is 1200 g/mol. The Bertz CT molecular complexity index is 2890. The van der Waals surface area contributed by atoms with E-state index in [0.717, 1.165) is 5.57 Å². The summed E-state index contributed by atoms with van der Waals surface area (Å²) < 4.78 is 57.8. The van der Waals surface area contributed by atoms with Crippen LogP contribution in [0, 0.1) is 35.5 Å². The molecule has 5 fully saturated rings. The molecule has 19 atom stereocenters. The minimum Gasteiger partial charge on any atom is -0.460 e. The number of methoxy groups -OCH3 is 2. The zero-order valence-corrected chi connectivity index (χ0v) is 58.2. The Kier molecular flexibility index (Phi) is 26.5. The highest BCUT2D eigenvalue weighted by molar-refractivity contribution is 6.99. The molecule has 4 saturated heterocycles. The molecule has 0 aromatic heterocycles. The Labute approximate surface area is 553 Å². The molecule has 19 heteroatoms. The minimum atomic E-state index is -2.93. The number of nitrogens with zero attached hydrogens (tertiary/aromatic N) is 1. The van der Waals surface area contributed by atoms with Crippen molar-refractivity contribution in [3.8, 4) is 0 Å². The number of fused-ring (bicyclic) bond motifs is 4. The van der Waals surface area contributed by atoms with Crippen LogP contribution in [0.4, 0.5) is 0 Å². The number of cyclic esters (lactones) is 1. The third kappa shape index (κ3) is 17.8. The zero-order valence-electron chi connectivity index (χ0n) is 57.2. The average Bonchev–Trinajstić information content (AvgIpc) is 1.71. The summed E-state index contributed by atoms with van der Waals surface area (Å²) in [7, 11) is 0.0216. The number of piperidine rings is 1. The highest BCUT2D eigenvalue weighted by Gasteiger charge is 2.57. The van der Waals surface area contributed by atoms with Gasteiger partial charge in [-0.1, -0.05) is 153 Å². The van der Waals surface area contributed by atoms with E-state index in [4.69, 9.17) is 42.3 Å². The number of allylic oxidation sites excluding steroid dienone is 6. The molecule has 2 aromatic rings. The minimum absolute atomic E-state index is 0.0405. The summed E-state index contributed by atoms with van der Waals surface area (Å²) in [5.41, 5.74) is 1.19. The normalized spacial score (nSPS) is 35.9. The van der Waals surface area contributed by atoms with E-state index in [2.05, 4.69) is 69.3 Å². The van der Waals surface area contributed by atoms with Crippen molar-refractivity contribution in [1.82, 2.24) is 4.90 Å². The Morgan fingerprint density at radius 1 is 0.742 bits per heavy atom. The van der Waals surface area contributed by atoms with E-state index in [-0.39, 0.29) is 97.8 Å². The third-order valence-corrected chi connectivity index (χ3v) is 25.7. The molecule has 18 nitrogen and oxygen atoms in total. The van der Waals surface area contributed by atoms with Crippen LogP contribution >= 0.6 is 0 Å². The quantitative estimate of drug-likeness (QED) is 0.0528. The summed E-state index contributed by atoms with van der Waals surface area (Å²) >= 11 is 0. The van der Waals surface area contributed by atoms with Gasteiger partial charge in [-0.25, -0.2) is 4.79 Å². The van der Waals surface area contributed by atoms with Crippen LogP contribution in [0.5, 0.6) is 0 Å². The molecule has 514 valence electrons. The fourth-order valence-electron chi connectivity index (χ4n) is 15.0. The van der Waals surface area contributed by atoms with Gasteiger partial charge in [-0.05, 0) is 122 Å². The van der Waals surface area contributed by atoms with Gasteiger partial charge in [0.2, 0.25) is 5.79 Å². The molecule has 2 aromatic carbocycles. The van der Waals surface area contributed by atoms with Crippen molar-refractivity contribution in [3.05, 3.63) is 108 Å². The van der Waals surface area contributed by atoms with Gasteiger partial charge >= 0.3 is 5.97 Å². The topological polar surface area (TPSA) is 232 Å². The number of benzene rings is 2. The summed E-state index contributed by atoms with van der Waals surface area (Å²) in [6.45, 7) is 20.5. The highest BCUT2D eigenvalue weighted by Crippen LogP contribution is 2.42. The van der Waals surface area contributed by atoms with Crippen LogP contribution < -0.4 is 10.4 Å². The van der Waals surface area contributed by atoms with Crippen molar-refractivity contribution >= 4 is 47.9 Å². The van der Waals surface area contributed by atoms with Gasteiger partial charge in [0.15, 0.2) is 5.78 Å². The molecule has 0 radical (unpaired) electrons. The lowest BCUT2D eigenvalue weighted by Gasteiger charge is -2.45. The van der Waals surface area contributed by atoms with Crippen LogP contribution in [0.25, 0.3) is 0 Å². The molecule has 3 N–H and O–H groups in total. The number of rotatable bonds is 14. The second-order valence-corrected chi connectivity index (χ2v) is 32.8. The maximum absolute atomic E-state index is 14.8. The van der Waals surface area contributed by atoms with Gasteiger partial charge in [-0.2, -0.15) is 0 Å². The number of aliphatic hydroxyl groups excluding tert-OH is 2. The Morgan fingerprint density at radius 3 is 2.05 bits per heavy atom. The number of hydrogen-bond donors (Lipinski definition) is 3. The van der Waals surface area contributed by atoms with Crippen LogP contribution in [0.2, 0.25) is 5.04 Å². The number of ether oxygens (including phenoxy) is 8. The predicted molar refractivity (Wildman–Crippen MR) is 356 cm³/mol. The number of carbonyl (C=O) groups excluding carboxylic acids is 5. The van der Waals surface area contributed by atoms with Crippen molar-refractivity contribution in [1.29, 1.82) is 0 Å². The van der Waals surface area contributed by atoms with Gasteiger partial charge < -0.3 is 62.5 Å². The lowest BCUT2D eigenvalue weighted by Crippen LogP contribution is -2.68. The molecule has 1 aliphatic carbocycles. The van der Waals surface area contributed by atoms with E-state index in [0.29, 0.717) is 76.6 Å². The number of amides is 1. The Balaban J connectivity index is 1.01. The molecule has 0 spiro atoms. The van der Waals surface area contributed by atoms with Gasteiger partial charge in [0.1, 0.15) is 48.4 Å². The van der Waals surface area contributed by atoms with Crippen molar-refractivity contribution in [3.63, 3.8) is 0 Å². The number of ketones is 3. The van der Waals surface area contributed by atoms with Crippen LogP contribution in [0.15, 0.2) is 108 Å². The lowest BCUT2D eigenvalue weighted by molar-refractivity contribution is -0.266. The zero-order chi connectivity index (χ0) is 67.4. The monoisotopic (exact) mass is 1310 g/mol. The maximum Gasteiger partial charge on any atom is 0.329 e. The SMILES string of the molecule is CO[C@@H]1C[C@H](C[C@@H](C)[C@@H]2CC(=O)[C@H](C)/C=C(\C)[C@@H](O)[C@@H](OC)C(=O)[C@H](C)C[C@H](C)/C=C/C=CC=C(C)C(OCCO[C@@H]3CO[C@H]4[C@@H]3OC[C@@H]4O[Si](c3ccccc3)(c3ccccc3)C(C)(C)C)C[C@@H]3CC[C@@H](C)[C@@](O)(O3)C(=O)C(=O)N3CCCC[C@H]3C(=O)O2)CC[C@H]1O. The summed E-state index contributed by atoms with van der Waals surface area (Å²) in [5, 5.41) is 36.8. The van der Waals surface area contributed by atoms with Crippen molar-refractivity contribution in [2.24, 2.45) is 35.5 Å². The van der Waals surface area contributed by atoms with Crippen LogP contribution in [-0.2, 0) is 66.3 Å². The van der Waals surface area contributed by atoms with Gasteiger partial charge in [0.25, 0.3) is 20.0 Å². The second kappa shape index (κ2) is 33.4. The Morgan fingerprint density at radius 2 is 1.40 bits per heavy atom. The van der Waals surface area contributed by atoms with E-state index in [1.165, 1.54) is 22.4 Å². The molecule has 8 rings (SSSR count). The third-order valence-electron chi connectivity index (χ3n) is 20.6. The number of Topliss-reactive ketones (excluding diaryl/α,β-unsaturated/α-hetero) is 3. The molecule has 1 amide bonds. The van der Waals surface area contributed by atoms with E-state index < -0.39 is 98.3 Å². The van der Waals surface area contributed by atoms with Crippen LogP contribution in [0.3, 0.4) is 0 Å². The predicted octanol–water partition coefficient (Wildman–Crippen LogP) is 8.68. The molecule has 5 aliphatic heterocycles. The lowest BCUT2D eigenvalue weighted by atomic mass is 9.78. The molecule has 6 aliphatic rings. The largest absolute Gasteiger partial charge is 0.460 e. The first-order chi connectivity index (χ1) is 44.3. The number of aliphatic hydroxyl groups is 3. The second-order valence-electron chi connectivity index (χ2n) is 28.6. The van der Waals surface area contributed by atoms with Crippen molar-refractivity contribution < 1.29 is 81.6 Å². The highest BCUT2D eigenvalue weighted by atomic mass is 28.4. The maximum atomic E-state index is 14.8. The van der Waals surface area contributed by atoms with Gasteiger partial charge in [-0.15, -0.1) is 0 Å². The average molecular weight is 1310 g/mol. The summed E-state index contributed by atoms with van der Waals surface area (Å²) in [6, 6.07) is 19.8. The van der Waals surface area contributed by atoms with Crippen LogP contribution in [0.1, 0.15) is 146 Å². The van der Waals surface area contributed by atoms with Crippen molar-refractivity contribution in [2.75, 3.05) is 47.2 Å². The van der Waals surface area contributed by atoms with E-state index in [9.17, 15) is 39.3 Å². The molecular formula is C74H107NO17Si.